The number of nitrogens with zero attached hydrogens (tertiary/aromatic N) is 1. The molecule has 1 aromatic carbocycles. The van der Waals surface area contributed by atoms with Crippen LogP contribution in [0.3, 0.4) is 0 Å². The Morgan fingerprint density at radius 2 is 2.00 bits per heavy atom. The van der Waals surface area contributed by atoms with Crippen LogP contribution in [0.1, 0.15) is 22.8 Å². The van der Waals surface area contributed by atoms with Gasteiger partial charge in [0.25, 0.3) is 5.91 Å². The minimum atomic E-state index is -3.72. The van der Waals surface area contributed by atoms with Crippen molar-refractivity contribution in [1.29, 1.82) is 0 Å². The lowest BCUT2D eigenvalue weighted by Crippen LogP contribution is -2.27. The summed E-state index contributed by atoms with van der Waals surface area (Å²) in [4.78, 5) is 13.5. The van der Waals surface area contributed by atoms with Crippen molar-refractivity contribution in [2.24, 2.45) is 5.14 Å². The molecule has 1 rings (SSSR count). The van der Waals surface area contributed by atoms with Crippen LogP contribution < -0.4 is 5.14 Å². The van der Waals surface area contributed by atoms with Crippen molar-refractivity contribution in [2.45, 2.75) is 18.7 Å². The number of benzene rings is 1. The molecule has 0 heterocycles. The molecule has 6 heteroatoms. The van der Waals surface area contributed by atoms with E-state index in [9.17, 15) is 13.2 Å². The molecule has 0 aromatic heterocycles. The highest BCUT2D eigenvalue weighted by molar-refractivity contribution is 7.89. The summed E-state index contributed by atoms with van der Waals surface area (Å²) in [5.41, 5.74) is 1.09. The van der Waals surface area contributed by atoms with Crippen LogP contribution in [0.2, 0.25) is 0 Å². The Hall–Kier alpha value is -1.40. The van der Waals surface area contributed by atoms with Gasteiger partial charge in [0.2, 0.25) is 10.0 Å². The summed E-state index contributed by atoms with van der Waals surface area (Å²) in [5.74, 6) is -0.133. The van der Waals surface area contributed by atoms with E-state index >= 15 is 0 Å². The highest BCUT2D eigenvalue weighted by Crippen LogP contribution is 2.15. The molecular formula is C11H16N2O3S. The van der Waals surface area contributed by atoms with Gasteiger partial charge in [-0.25, -0.2) is 13.6 Å². The maximum Gasteiger partial charge on any atom is 0.253 e. The van der Waals surface area contributed by atoms with E-state index in [0.717, 1.165) is 0 Å². The first-order valence-electron chi connectivity index (χ1n) is 5.16. The van der Waals surface area contributed by atoms with E-state index in [2.05, 4.69) is 0 Å². The zero-order valence-corrected chi connectivity index (χ0v) is 10.9. The molecule has 17 heavy (non-hydrogen) atoms. The first-order valence-corrected chi connectivity index (χ1v) is 6.71. The zero-order valence-electron chi connectivity index (χ0n) is 10.1. The van der Waals surface area contributed by atoms with Gasteiger partial charge >= 0.3 is 0 Å². The van der Waals surface area contributed by atoms with Gasteiger partial charge in [-0.1, -0.05) is 0 Å². The Labute approximate surface area is 101 Å². The molecule has 1 amide bonds. The summed E-state index contributed by atoms with van der Waals surface area (Å²) < 4.78 is 22.3. The van der Waals surface area contributed by atoms with Gasteiger partial charge in [-0.05, 0) is 37.6 Å². The van der Waals surface area contributed by atoms with Crippen LogP contribution in [0.25, 0.3) is 0 Å². The van der Waals surface area contributed by atoms with Crippen LogP contribution in [0.15, 0.2) is 23.1 Å². The summed E-state index contributed by atoms with van der Waals surface area (Å²) >= 11 is 0. The SMILES string of the molecule is CCN(C)C(=O)c1ccc(S(N)(=O)=O)cc1C. The fourth-order valence-corrected chi connectivity index (χ4v) is 2.00. The molecule has 0 aliphatic carbocycles. The van der Waals surface area contributed by atoms with Gasteiger partial charge < -0.3 is 4.90 Å². The van der Waals surface area contributed by atoms with Gasteiger partial charge in [0.05, 0.1) is 4.90 Å². The van der Waals surface area contributed by atoms with E-state index in [1.807, 2.05) is 6.92 Å². The third-order valence-corrected chi connectivity index (χ3v) is 3.49. The second-order valence-corrected chi connectivity index (χ2v) is 5.40. The van der Waals surface area contributed by atoms with Crippen LogP contribution in [-0.4, -0.2) is 32.8 Å². The molecule has 0 bridgehead atoms. The number of aryl methyl sites for hydroxylation is 1. The molecular weight excluding hydrogens is 240 g/mol. The molecule has 0 unspecified atom stereocenters. The fourth-order valence-electron chi connectivity index (χ4n) is 1.40. The second-order valence-electron chi connectivity index (χ2n) is 3.84. The molecule has 0 atom stereocenters. The van der Waals surface area contributed by atoms with Gasteiger partial charge in [-0.2, -0.15) is 0 Å². The van der Waals surface area contributed by atoms with E-state index in [-0.39, 0.29) is 10.8 Å². The van der Waals surface area contributed by atoms with E-state index in [1.54, 1.807) is 18.9 Å². The van der Waals surface area contributed by atoms with E-state index in [0.29, 0.717) is 17.7 Å². The minimum Gasteiger partial charge on any atom is -0.342 e. The van der Waals surface area contributed by atoms with Crippen LogP contribution in [0.4, 0.5) is 0 Å². The number of hydrogen-bond acceptors (Lipinski definition) is 3. The van der Waals surface area contributed by atoms with Gasteiger partial charge in [0.1, 0.15) is 0 Å². The number of carbonyl (C=O) groups excluding carboxylic acids is 1. The molecule has 94 valence electrons. The monoisotopic (exact) mass is 256 g/mol. The Kier molecular flexibility index (Phi) is 3.90. The zero-order chi connectivity index (χ0) is 13.2. The molecule has 0 saturated heterocycles. The standard InChI is InChI=1S/C11H16N2O3S/c1-4-13(3)11(14)10-6-5-9(7-8(10)2)17(12,15)16/h5-7H,4H2,1-3H3,(H2,12,15,16). The smallest absolute Gasteiger partial charge is 0.253 e. The molecule has 0 saturated carbocycles. The summed E-state index contributed by atoms with van der Waals surface area (Å²) in [7, 11) is -2.03. The normalized spacial score (nSPS) is 11.3. The first kappa shape index (κ1) is 13.7. The highest BCUT2D eigenvalue weighted by atomic mass is 32.2. The first-order chi connectivity index (χ1) is 7.77. The van der Waals surface area contributed by atoms with Gasteiger partial charge in [-0.3, -0.25) is 4.79 Å². The summed E-state index contributed by atoms with van der Waals surface area (Å²) in [6, 6.07) is 4.24. The molecule has 1 aromatic rings. The minimum absolute atomic E-state index is 0.0192. The van der Waals surface area contributed by atoms with Crippen molar-refractivity contribution in [1.82, 2.24) is 4.90 Å². The van der Waals surface area contributed by atoms with Crippen molar-refractivity contribution >= 4 is 15.9 Å². The van der Waals surface area contributed by atoms with Crippen LogP contribution in [0, 0.1) is 6.92 Å². The topological polar surface area (TPSA) is 80.5 Å². The van der Waals surface area contributed by atoms with Crippen molar-refractivity contribution in [3.05, 3.63) is 29.3 Å². The third kappa shape index (κ3) is 3.04. The van der Waals surface area contributed by atoms with Gasteiger partial charge in [-0.15, -0.1) is 0 Å². The van der Waals surface area contributed by atoms with E-state index in [1.165, 1.54) is 18.2 Å². The number of hydrogen-bond donors (Lipinski definition) is 1. The summed E-state index contributed by atoms with van der Waals surface area (Å²) in [5, 5.41) is 5.01. The molecule has 0 radical (unpaired) electrons. The number of nitrogens with two attached hydrogens (primary N) is 1. The Morgan fingerprint density at radius 1 is 1.41 bits per heavy atom. The van der Waals surface area contributed by atoms with Crippen molar-refractivity contribution in [3.8, 4) is 0 Å². The average Bonchev–Trinajstić information content (AvgIpc) is 2.25. The highest BCUT2D eigenvalue weighted by Gasteiger charge is 2.15. The largest absolute Gasteiger partial charge is 0.342 e. The third-order valence-electron chi connectivity index (χ3n) is 2.58. The second kappa shape index (κ2) is 4.85. The van der Waals surface area contributed by atoms with Gasteiger partial charge in [0.15, 0.2) is 0 Å². The fraction of sp³-hybridized carbons (Fsp3) is 0.364. The maximum atomic E-state index is 11.9. The van der Waals surface area contributed by atoms with Crippen molar-refractivity contribution in [3.63, 3.8) is 0 Å². The predicted molar refractivity (Wildman–Crippen MR) is 65.2 cm³/mol. The quantitative estimate of drug-likeness (QED) is 0.865. The summed E-state index contributed by atoms with van der Waals surface area (Å²) in [6.45, 7) is 4.15. The van der Waals surface area contributed by atoms with Crippen molar-refractivity contribution in [2.75, 3.05) is 13.6 Å². The van der Waals surface area contributed by atoms with Crippen LogP contribution in [0.5, 0.6) is 0 Å². The Morgan fingerprint density at radius 3 is 2.41 bits per heavy atom. The lowest BCUT2D eigenvalue weighted by Gasteiger charge is -2.16. The van der Waals surface area contributed by atoms with Gasteiger partial charge in [0, 0.05) is 19.2 Å². The Bertz CT molecular complexity index is 538. The number of primary sulfonamides is 1. The molecule has 0 spiro atoms. The lowest BCUT2D eigenvalue weighted by molar-refractivity contribution is 0.0801. The number of amides is 1. The Balaban J connectivity index is 3.20. The van der Waals surface area contributed by atoms with Crippen LogP contribution >= 0.6 is 0 Å². The lowest BCUT2D eigenvalue weighted by atomic mass is 10.1. The molecule has 0 aliphatic heterocycles. The number of carbonyl (C=O) groups is 1. The summed E-state index contributed by atoms with van der Waals surface area (Å²) in [6.07, 6.45) is 0. The molecule has 2 N–H and O–H groups in total. The number of sulfonamides is 1. The number of rotatable bonds is 3. The predicted octanol–water partition coefficient (Wildman–Crippen LogP) is 0.734. The molecule has 0 aliphatic rings. The molecule has 0 fully saturated rings. The van der Waals surface area contributed by atoms with E-state index < -0.39 is 10.0 Å². The average molecular weight is 256 g/mol. The molecule has 5 nitrogen and oxygen atoms in total. The maximum absolute atomic E-state index is 11.9. The van der Waals surface area contributed by atoms with Crippen molar-refractivity contribution < 1.29 is 13.2 Å². The van der Waals surface area contributed by atoms with E-state index in [4.69, 9.17) is 5.14 Å². The van der Waals surface area contributed by atoms with Crippen LogP contribution in [-0.2, 0) is 10.0 Å².